The minimum Gasteiger partial charge on any atom is -0.512 e. The predicted molar refractivity (Wildman–Crippen MR) is 107 cm³/mol. The van der Waals surface area contributed by atoms with E-state index in [2.05, 4.69) is 4.98 Å². The highest BCUT2D eigenvalue weighted by molar-refractivity contribution is 6.31. The third-order valence-electron chi connectivity index (χ3n) is 4.74. The van der Waals surface area contributed by atoms with Crippen molar-refractivity contribution in [2.75, 3.05) is 0 Å². The molecule has 1 aromatic heterocycles. The first kappa shape index (κ1) is 19.4. The van der Waals surface area contributed by atoms with Gasteiger partial charge in [0.05, 0.1) is 5.57 Å². The monoisotopic (exact) mass is 385 g/mol. The van der Waals surface area contributed by atoms with Crippen molar-refractivity contribution >= 4 is 23.0 Å². The van der Waals surface area contributed by atoms with Gasteiger partial charge in [-0.15, -0.1) is 0 Å². The van der Waals surface area contributed by atoms with Gasteiger partial charge in [0.15, 0.2) is 5.78 Å². The Labute approximate surface area is 164 Å². The number of aromatic nitrogens is 1. The molecule has 27 heavy (non-hydrogen) atoms. The molecule has 5 heteroatoms. The molecule has 0 radical (unpaired) electrons. The van der Waals surface area contributed by atoms with E-state index in [9.17, 15) is 9.90 Å². The van der Waals surface area contributed by atoms with Crippen molar-refractivity contribution in [3.63, 3.8) is 0 Å². The van der Waals surface area contributed by atoms with Gasteiger partial charge in [-0.05, 0) is 53.6 Å². The number of benzene rings is 1. The number of aliphatic hydroxyl groups excluding tert-OH is 1. The van der Waals surface area contributed by atoms with Gasteiger partial charge in [0.25, 0.3) is 0 Å². The molecular formula is C22H24ClNO3. The van der Waals surface area contributed by atoms with Crippen molar-refractivity contribution in [2.45, 2.75) is 47.0 Å². The second-order valence-corrected chi connectivity index (χ2v) is 8.24. The van der Waals surface area contributed by atoms with Crippen LogP contribution in [-0.4, -0.2) is 15.9 Å². The summed E-state index contributed by atoms with van der Waals surface area (Å²) in [5.41, 5.74) is 2.82. The maximum absolute atomic E-state index is 12.8. The van der Waals surface area contributed by atoms with E-state index >= 15 is 0 Å². The number of pyridine rings is 1. The maximum atomic E-state index is 12.8. The molecule has 1 aliphatic carbocycles. The van der Waals surface area contributed by atoms with Crippen LogP contribution in [0.25, 0.3) is 5.57 Å². The molecule has 0 unspecified atom stereocenters. The van der Waals surface area contributed by atoms with E-state index in [-0.39, 0.29) is 17.0 Å². The highest BCUT2D eigenvalue weighted by Crippen LogP contribution is 2.41. The number of ether oxygens (including phenoxy) is 1. The number of hydrogen-bond acceptors (Lipinski definition) is 4. The predicted octanol–water partition coefficient (Wildman–Crippen LogP) is 6.06. The molecule has 0 saturated heterocycles. The molecule has 2 aromatic rings. The highest BCUT2D eigenvalue weighted by atomic mass is 35.5. The number of Topliss-reactive ketones (excluding diaryl/α,β-unsaturated/α-hetero) is 1. The number of rotatable bonds is 4. The van der Waals surface area contributed by atoms with Crippen LogP contribution in [0.1, 0.15) is 50.3 Å². The van der Waals surface area contributed by atoms with Crippen LogP contribution in [-0.2, 0) is 11.2 Å². The number of carbonyl (C=O) groups excluding carboxylic acids is 1. The number of allylic oxidation sites excluding steroid dienone is 2. The van der Waals surface area contributed by atoms with Crippen LogP contribution in [0, 0.1) is 12.3 Å². The lowest BCUT2D eigenvalue weighted by Gasteiger charge is -2.30. The number of aliphatic hydroxyl groups is 1. The highest BCUT2D eigenvalue weighted by Gasteiger charge is 2.34. The lowest BCUT2D eigenvalue weighted by Crippen LogP contribution is -2.25. The average molecular weight is 386 g/mol. The number of aryl methyl sites for hydroxylation is 2. The van der Waals surface area contributed by atoms with E-state index in [1.54, 1.807) is 18.3 Å². The quantitative estimate of drug-likeness (QED) is 0.695. The van der Waals surface area contributed by atoms with Crippen molar-refractivity contribution in [1.29, 1.82) is 0 Å². The van der Waals surface area contributed by atoms with Crippen molar-refractivity contribution in [3.8, 4) is 11.6 Å². The van der Waals surface area contributed by atoms with Gasteiger partial charge in [-0.25, -0.2) is 4.98 Å². The molecule has 3 rings (SSSR count). The van der Waals surface area contributed by atoms with Crippen LogP contribution in [0.5, 0.6) is 11.6 Å². The third kappa shape index (κ3) is 4.16. The molecule has 1 N–H and O–H groups in total. The molecule has 0 fully saturated rings. The summed E-state index contributed by atoms with van der Waals surface area (Å²) in [7, 11) is 0. The fourth-order valence-electron chi connectivity index (χ4n) is 3.46. The Morgan fingerprint density at radius 1 is 1.26 bits per heavy atom. The fraction of sp³-hybridized carbons (Fsp3) is 0.364. The van der Waals surface area contributed by atoms with E-state index in [1.165, 1.54) is 0 Å². The van der Waals surface area contributed by atoms with Gasteiger partial charge in [0, 0.05) is 19.0 Å². The standard InChI is InChI=1S/C22H24ClNO3/c1-5-14-6-7-15(27-21-17(23)8-13(2)12-24-21)9-16(14)20-18(25)10-22(3,4)11-19(20)26/h6-9,12,25H,5,10-11H2,1-4H3. The average Bonchev–Trinajstić information content (AvgIpc) is 2.56. The Balaban J connectivity index is 2.03. The van der Waals surface area contributed by atoms with Gasteiger partial charge in [-0.2, -0.15) is 0 Å². The normalized spacial score (nSPS) is 16.6. The summed E-state index contributed by atoms with van der Waals surface area (Å²) in [5, 5.41) is 11.0. The smallest absolute Gasteiger partial charge is 0.238 e. The topological polar surface area (TPSA) is 59.4 Å². The van der Waals surface area contributed by atoms with Crippen LogP contribution >= 0.6 is 11.6 Å². The van der Waals surface area contributed by atoms with E-state index in [4.69, 9.17) is 16.3 Å². The van der Waals surface area contributed by atoms with E-state index in [0.717, 1.165) is 23.1 Å². The first-order valence-corrected chi connectivity index (χ1v) is 9.46. The van der Waals surface area contributed by atoms with E-state index in [1.807, 2.05) is 39.8 Å². The summed E-state index contributed by atoms with van der Waals surface area (Å²) in [6.07, 6.45) is 3.32. The number of nitrogens with zero attached hydrogens (tertiary/aromatic N) is 1. The lowest BCUT2D eigenvalue weighted by molar-refractivity contribution is -0.116. The van der Waals surface area contributed by atoms with Crippen LogP contribution < -0.4 is 4.74 Å². The van der Waals surface area contributed by atoms with Gasteiger partial charge in [0.1, 0.15) is 16.5 Å². The molecule has 0 spiro atoms. The summed E-state index contributed by atoms with van der Waals surface area (Å²) >= 11 is 6.21. The van der Waals surface area contributed by atoms with Gasteiger partial charge in [-0.3, -0.25) is 4.79 Å². The zero-order valence-electron chi connectivity index (χ0n) is 16.1. The minimum atomic E-state index is -0.232. The van der Waals surface area contributed by atoms with Gasteiger partial charge in [-0.1, -0.05) is 38.4 Å². The molecule has 1 heterocycles. The third-order valence-corrected chi connectivity index (χ3v) is 5.01. The summed E-state index contributed by atoms with van der Waals surface area (Å²) < 4.78 is 5.85. The fourth-order valence-corrected chi connectivity index (χ4v) is 3.72. The Morgan fingerprint density at radius 3 is 2.63 bits per heavy atom. The Kier molecular flexibility index (Phi) is 5.29. The van der Waals surface area contributed by atoms with E-state index < -0.39 is 0 Å². The second kappa shape index (κ2) is 7.35. The van der Waals surface area contributed by atoms with Crippen LogP contribution in [0.15, 0.2) is 36.2 Å². The largest absolute Gasteiger partial charge is 0.512 e. The lowest BCUT2D eigenvalue weighted by atomic mass is 9.74. The zero-order chi connectivity index (χ0) is 19.8. The number of hydrogen-bond donors (Lipinski definition) is 1. The molecule has 142 valence electrons. The zero-order valence-corrected chi connectivity index (χ0v) is 16.9. The second-order valence-electron chi connectivity index (χ2n) is 7.84. The van der Waals surface area contributed by atoms with Crippen molar-refractivity contribution in [2.24, 2.45) is 5.41 Å². The van der Waals surface area contributed by atoms with E-state index in [0.29, 0.717) is 35.1 Å². The number of ketones is 1. The molecule has 4 nitrogen and oxygen atoms in total. The maximum Gasteiger partial charge on any atom is 0.238 e. The SMILES string of the molecule is CCc1ccc(Oc2ncc(C)cc2Cl)cc1C1=C(O)CC(C)(C)CC1=O. The molecular weight excluding hydrogens is 362 g/mol. The number of halogens is 1. The molecule has 0 atom stereocenters. The molecule has 1 aromatic carbocycles. The van der Waals surface area contributed by atoms with Crippen LogP contribution in [0.3, 0.4) is 0 Å². The van der Waals surface area contributed by atoms with Crippen molar-refractivity contribution < 1.29 is 14.6 Å². The van der Waals surface area contributed by atoms with Gasteiger partial charge < -0.3 is 9.84 Å². The Morgan fingerprint density at radius 2 is 2.00 bits per heavy atom. The van der Waals surface area contributed by atoms with Crippen LogP contribution in [0.4, 0.5) is 0 Å². The van der Waals surface area contributed by atoms with Crippen molar-refractivity contribution in [3.05, 3.63) is 57.9 Å². The van der Waals surface area contributed by atoms with Gasteiger partial charge in [0.2, 0.25) is 5.88 Å². The first-order valence-electron chi connectivity index (χ1n) is 9.09. The molecule has 0 aliphatic heterocycles. The van der Waals surface area contributed by atoms with Gasteiger partial charge >= 0.3 is 0 Å². The molecule has 0 saturated carbocycles. The molecule has 1 aliphatic rings. The van der Waals surface area contributed by atoms with Crippen molar-refractivity contribution in [1.82, 2.24) is 4.98 Å². The first-order chi connectivity index (χ1) is 12.7. The Bertz CT molecular complexity index is 931. The summed E-state index contributed by atoms with van der Waals surface area (Å²) in [4.78, 5) is 17.0. The number of carbonyl (C=O) groups is 1. The minimum absolute atomic E-state index is 0.0397. The van der Waals surface area contributed by atoms with Crippen LogP contribution in [0.2, 0.25) is 5.02 Å². The molecule has 0 bridgehead atoms. The molecule has 0 amide bonds. The summed E-state index contributed by atoms with van der Waals surface area (Å²) in [5.74, 6) is 0.946. The summed E-state index contributed by atoms with van der Waals surface area (Å²) in [6, 6.07) is 7.32. The Hall–Kier alpha value is -2.33. The summed E-state index contributed by atoms with van der Waals surface area (Å²) in [6.45, 7) is 7.90.